The Morgan fingerprint density at radius 2 is 2.36 bits per heavy atom. The molecular weight excluding hydrogens is 258 g/mol. The molecule has 1 aromatic carbocycles. The first-order valence-corrected chi connectivity index (χ1v) is 6.46. The highest BCUT2D eigenvalue weighted by atomic mass is 79.9. The van der Waals surface area contributed by atoms with E-state index in [1.165, 1.54) is 5.56 Å². The van der Waals surface area contributed by atoms with Crippen LogP contribution < -0.4 is 0 Å². The van der Waals surface area contributed by atoms with Crippen molar-refractivity contribution < 1.29 is 0 Å². The molecule has 0 bridgehead atoms. The second-order valence-electron chi connectivity index (χ2n) is 3.64. The summed E-state index contributed by atoms with van der Waals surface area (Å²) in [7, 11) is 0. The van der Waals surface area contributed by atoms with Crippen LogP contribution in [0.15, 0.2) is 33.7 Å². The van der Waals surface area contributed by atoms with Crippen LogP contribution in [0.3, 0.4) is 0 Å². The van der Waals surface area contributed by atoms with Gasteiger partial charge in [-0.05, 0) is 31.0 Å². The maximum atomic E-state index is 4.59. The third kappa shape index (κ3) is 2.04. The Morgan fingerprint density at radius 1 is 1.50 bits per heavy atom. The molecule has 0 saturated heterocycles. The van der Waals surface area contributed by atoms with Crippen LogP contribution in [0.4, 0.5) is 0 Å². The van der Waals surface area contributed by atoms with Gasteiger partial charge in [0.2, 0.25) is 0 Å². The summed E-state index contributed by atoms with van der Waals surface area (Å²) < 4.78 is 1.13. The molecule has 14 heavy (non-hydrogen) atoms. The van der Waals surface area contributed by atoms with Gasteiger partial charge in [-0.15, -0.1) is 11.8 Å². The van der Waals surface area contributed by atoms with Crippen molar-refractivity contribution in [1.29, 1.82) is 0 Å². The van der Waals surface area contributed by atoms with Crippen LogP contribution >= 0.6 is 27.7 Å². The van der Waals surface area contributed by atoms with E-state index in [0.29, 0.717) is 0 Å². The first-order valence-electron chi connectivity index (χ1n) is 4.62. The molecule has 1 aromatic rings. The van der Waals surface area contributed by atoms with Gasteiger partial charge in [0.15, 0.2) is 0 Å². The summed E-state index contributed by atoms with van der Waals surface area (Å²) in [6.45, 7) is 2.20. The summed E-state index contributed by atoms with van der Waals surface area (Å²) in [5.74, 6) is 1.16. The molecule has 1 atom stereocenters. The summed E-state index contributed by atoms with van der Waals surface area (Å²) in [6, 6.07) is 8.43. The van der Waals surface area contributed by atoms with Gasteiger partial charge in [-0.25, -0.2) is 0 Å². The molecule has 0 amide bonds. The third-order valence-electron chi connectivity index (χ3n) is 2.57. The van der Waals surface area contributed by atoms with Gasteiger partial charge < -0.3 is 0 Å². The van der Waals surface area contributed by atoms with Crippen LogP contribution in [0, 0.1) is 0 Å². The summed E-state index contributed by atoms with van der Waals surface area (Å²) in [5.41, 5.74) is 3.25. The highest BCUT2D eigenvalue weighted by Gasteiger charge is 2.26. The number of halogens is 1. The molecule has 2 rings (SSSR count). The standard InChI is InChI=1S/C11H12BrNS/c1-11(5-6-14-8-13-11)9-3-2-4-10(12)7-9/h2-4,7-8H,5-6H2,1H3. The van der Waals surface area contributed by atoms with E-state index in [1.807, 2.05) is 11.6 Å². The third-order valence-corrected chi connectivity index (χ3v) is 3.75. The molecule has 1 nitrogen and oxygen atoms in total. The molecule has 0 aliphatic carbocycles. The normalized spacial score (nSPS) is 26.4. The Kier molecular flexibility index (Phi) is 2.98. The van der Waals surface area contributed by atoms with Crippen LogP contribution in [-0.2, 0) is 5.54 Å². The number of hydrogen-bond acceptors (Lipinski definition) is 2. The van der Waals surface area contributed by atoms with Crippen molar-refractivity contribution in [2.75, 3.05) is 5.75 Å². The minimum atomic E-state index is -0.0188. The van der Waals surface area contributed by atoms with E-state index in [-0.39, 0.29) is 5.54 Å². The maximum absolute atomic E-state index is 4.59. The molecular formula is C11H12BrNS. The van der Waals surface area contributed by atoms with E-state index in [4.69, 9.17) is 0 Å². The summed E-state index contributed by atoms with van der Waals surface area (Å²) in [5, 5.41) is 0. The van der Waals surface area contributed by atoms with E-state index in [1.54, 1.807) is 11.8 Å². The zero-order chi connectivity index (χ0) is 10.0. The Labute approximate surface area is 97.1 Å². The van der Waals surface area contributed by atoms with E-state index in [2.05, 4.69) is 46.0 Å². The molecule has 0 fully saturated rings. The van der Waals surface area contributed by atoms with Gasteiger partial charge in [0.1, 0.15) is 0 Å². The van der Waals surface area contributed by atoms with Crippen molar-refractivity contribution in [3.05, 3.63) is 34.3 Å². The number of rotatable bonds is 1. The quantitative estimate of drug-likeness (QED) is 0.755. The molecule has 0 saturated carbocycles. The van der Waals surface area contributed by atoms with Gasteiger partial charge in [0.05, 0.1) is 11.1 Å². The van der Waals surface area contributed by atoms with Crippen LogP contribution in [0.1, 0.15) is 18.9 Å². The predicted molar refractivity (Wildman–Crippen MR) is 67.1 cm³/mol. The topological polar surface area (TPSA) is 12.4 Å². The van der Waals surface area contributed by atoms with E-state index in [9.17, 15) is 0 Å². The van der Waals surface area contributed by atoms with Crippen molar-refractivity contribution in [3.8, 4) is 0 Å². The molecule has 0 N–H and O–H groups in total. The largest absolute Gasteiger partial charge is 0.275 e. The molecule has 0 aromatic heterocycles. The lowest BCUT2D eigenvalue weighted by atomic mass is 9.90. The van der Waals surface area contributed by atoms with Gasteiger partial charge in [-0.1, -0.05) is 28.1 Å². The monoisotopic (exact) mass is 269 g/mol. The van der Waals surface area contributed by atoms with E-state index in [0.717, 1.165) is 16.6 Å². The number of thioether (sulfide) groups is 1. The molecule has 1 unspecified atom stereocenters. The van der Waals surface area contributed by atoms with Crippen molar-refractivity contribution in [1.82, 2.24) is 0 Å². The lowest BCUT2D eigenvalue weighted by molar-refractivity contribution is 0.484. The molecule has 0 spiro atoms. The zero-order valence-corrected chi connectivity index (χ0v) is 10.4. The van der Waals surface area contributed by atoms with Gasteiger partial charge in [-0.3, -0.25) is 4.99 Å². The fourth-order valence-electron chi connectivity index (χ4n) is 1.57. The fourth-order valence-corrected chi connectivity index (χ4v) is 2.90. The van der Waals surface area contributed by atoms with Crippen molar-refractivity contribution >= 4 is 33.2 Å². The highest BCUT2D eigenvalue weighted by molar-refractivity contribution is 9.10. The number of benzene rings is 1. The minimum Gasteiger partial charge on any atom is -0.275 e. The smallest absolute Gasteiger partial charge is 0.0843 e. The SMILES string of the molecule is CC1(c2cccc(Br)c2)CCSC=N1. The summed E-state index contributed by atoms with van der Waals surface area (Å²) in [6.07, 6.45) is 1.12. The molecule has 3 heteroatoms. The molecule has 0 radical (unpaired) electrons. The Bertz CT molecular complexity index is 364. The predicted octanol–water partition coefficient (Wildman–Crippen LogP) is 3.83. The van der Waals surface area contributed by atoms with Crippen LogP contribution in [0.25, 0.3) is 0 Å². The number of nitrogens with zero attached hydrogens (tertiary/aromatic N) is 1. The van der Waals surface area contributed by atoms with Gasteiger partial charge in [-0.2, -0.15) is 0 Å². The lowest BCUT2D eigenvalue weighted by Gasteiger charge is -2.28. The van der Waals surface area contributed by atoms with Gasteiger partial charge in [0.25, 0.3) is 0 Å². The highest BCUT2D eigenvalue weighted by Crippen LogP contribution is 2.34. The van der Waals surface area contributed by atoms with E-state index >= 15 is 0 Å². The Hall–Kier alpha value is -0.280. The zero-order valence-electron chi connectivity index (χ0n) is 8.03. The number of hydrogen-bond donors (Lipinski definition) is 0. The molecule has 1 aliphatic heterocycles. The summed E-state index contributed by atoms with van der Waals surface area (Å²) >= 11 is 5.29. The first-order chi connectivity index (χ1) is 6.71. The van der Waals surface area contributed by atoms with Gasteiger partial charge in [0, 0.05) is 10.2 Å². The maximum Gasteiger partial charge on any atom is 0.0843 e. The van der Waals surface area contributed by atoms with Crippen molar-refractivity contribution in [2.45, 2.75) is 18.9 Å². The van der Waals surface area contributed by atoms with Crippen LogP contribution in [0.2, 0.25) is 0 Å². The summed E-state index contributed by atoms with van der Waals surface area (Å²) in [4.78, 5) is 4.59. The molecule has 1 heterocycles. The average molecular weight is 270 g/mol. The number of aliphatic imine (C=N–C) groups is 1. The Morgan fingerprint density at radius 3 is 3.00 bits per heavy atom. The second kappa shape index (κ2) is 4.07. The second-order valence-corrected chi connectivity index (χ2v) is 5.51. The molecule has 1 aliphatic rings. The van der Waals surface area contributed by atoms with Crippen molar-refractivity contribution in [2.24, 2.45) is 4.99 Å². The van der Waals surface area contributed by atoms with Crippen molar-refractivity contribution in [3.63, 3.8) is 0 Å². The van der Waals surface area contributed by atoms with Crippen LogP contribution in [0.5, 0.6) is 0 Å². The first kappa shape index (κ1) is 10.2. The molecule has 74 valence electrons. The fraction of sp³-hybridized carbons (Fsp3) is 0.364. The van der Waals surface area contributed by atoms with E-state index < -0.39 is 0 Å². The minimum absolute atomic E-state index is 0.0188. The van der Waals surface area contributed by atoms with Crippen LogP contribution in [-0.4, -0.2) is 11.3 Å². The average Bonchev–Trinajstić information content (AvgIpc) is 2.19. The Balaban J connectivity index is 2.37. The lowest BCUT2D eigenvalue weighted by Crippen LogP contribution is -2.22. The van der Waals surface area contributed by atoms with Gasteiger partial charge >= 0.3 is 0 Å².